The van der Waals surface area contributed by atoms with E-state index in [0.29, 0.717) is 18.0 Å². The van der Waals surface area contributed by atoms with Crippen LogP contribution >= 0.6 is 0 Å². The van der Waals surface area contributed by atoms with Crippen molar-refractivity contribution in [3.8, 4) is 0 Å². The van der Waals surface area contributed by atoms with E-state index in [9.17, 15) is 13.6 Å². The number of nitrogens with one attached hydrogen (secondary N) is 1. The SMILES string of the molecule is O=C(CN1CCn2nc(C3CC3)cc2C1)NCc1cc(F)cc(F)c1. The molecular formula is C18H20F2N4O. The monoisotopic (exact) mass is 346 g/mol. The lowest BCUT2D eigenvalue weighted by molar-refractivity contribution is -0.122. The molecule has 2 aromatic rings. The smallest absolute Gasteiger partial charge is 0.234 e. The molecule has 2 heterocycles. The van der Waals surface area contributed by atoms with Crippen LogP contribution in [-0.2, 0) is 24.4 Å². The predicted molar refractivity (Wildman–Crippen MR) is 87.7 cm³/mol. The van der Waals surface area contributed by atoms with E-state index in [1.807, 2.05) is 4.68 Å². The standard InChI is InChI=1S/C18H20F2N4O/c19-14-5-12(6-15(20)7-14)9-21-18(25)11-23-3-4-24-16(10-23)8-17(22-24)13-1-2-13/h5-8,13H,1-4,9-11H2,(H,21,25). The van der Waals surface area contributed by atoms with Gasteiger partial charge in [-0.2, -0.15) is 5.10 Å². The van der Waals surface area contributed by atoms with E-state index < -0.39 is 11.6 Å². The summed E-state index contributed by atoms with van der Waals surface area (Å²) in [7, 11) is 0. The van der Waals surface area contributed by atoms with Crippen molar-refractivity contribution in [2.24, 2.45) is 0 Å². The van der Waals surface area contributed by atoms with E-state index in [2.05, 4.69) is 21.4 Å². The van der Waals surface area contributed by atoms with Crippen molar-refractivity contribution in [2.75, 3.05) is 13.1 Å². The van der Waals surface area contributed by atoms with Gasteiger partial charge in [0.2, 0.25) is 5.91 Å². The Hall–Kier alpha value is -2.28. The molecule has 1 N–H and O–H groups in total. The molecule has 0 radical (unpaired) electrons. The Balaban J connectivity index is 1.30. The molecule has 5 nitrogen and oxygen atoms in total. The minimum absolute atomic E-state index is 0.116. The van der Waals surface area contributed by atoms with Crippen molar-refractivity contribution in [1.29, 1.82) is 0 Å². The maximum absolute atomic E-state index is 13.2. The lowest BCUT2D eigenvalue weighted by Crippen LogP contribution is -2.41. The second kappa shape index (κ2) is 6.55. The molecule has 1 aromatic carbocycles. The fourth-order valence-electron chi connectivity index (χ4n) is 3.23. The summed E-state index contributed by atoms with van der Waals surface area (Å²) >= 11 is 0. The quantitative estimate of drug-likeness (QED) is 0.903. The van der Waals surface area contributed by atoms with Gasteiger partial charge in [-0.1, -0.05) is 0 Å². The zero-order valence-corrected chi connectivity index (χ0v) is 13.8. The molecule has 1 aliphatic heterocycles. The lowest BCUT2D eigenvalue weighted by atomic mass is 10.2. The van der Waals surface area contributed by atoms with Crippen molar-refractivity contribution in [2.45, 2.75) is 38.4 Å². The zero-order valence-electron chi connectivity index (χ0n) is 13.8. The molecule has 2 aliphatic rings. The Bertz CT molecular complexity index is 780. The number of carbonyl (C=O) groups is 1. The molecule has 0 spiro atoms. The average molecular weight is 346 g/mol. The summed E-state index contributed by atoms with van der Waals surface area (Å²) in [5, 5.41) is 7.36. The molecule has 1 aliphatic carbocycles. The van der Waals surface area contributed by atoms with Crippen LogP contribution in [0.3, 0.4) is 0 Å². The van der Waals surface area contributed by atoms with Gasteiger partial charge in [-0.25, -0.2) is 8.78 Å². The first kappa shape index (κ1) is 16.2. The van der Waals surface area contributed by atoms with Gasteiger partial charge in [0.25, 0.3) is 0 Å². The molecule has 7 heteroatoms. The van der Waals surface area contributed by atoms with Crippen LogP contribution in [0, 0.1) is 11.6 Å². The summed E-state index contributed by atoms with van der Waals surface area (Å²) in [4.78, 5) is 14.2. The van der Waals surface area contributed by atoms with Crippen LogP contribution in [0.1, 0.15) is 35.7 Å². The molecule has 1 saturated carbocycles. The summed E-state index contributed by atoms with van der Waals surface area (Å²) in [5.74, 6) is -0.804. The minimum Gasteiger partial charge on any atom is -0.351 e. The van der Waals surface area contributed by atoms with Gasteiger partial charge in [0.1, 0.15) is 11.6 Å². The molecule has 1 aromatic heterocycles. The highest BCUT2D eigenvalue weighted by Gasteiger charge is 2.29. The number of amides is 1. The predicted octanol–water partition coefficient (Wildman–Crippen LogP) is 2.17. The maximum atomic E-state index is 13.2. The van der Waals surface area contributed by atoms with Crippen molar-refractivity contribution < 1.29 is 13.6 Å². The van der Waals surface area contributed by atoms with Gasteiger partial charge in [-0.3, -0.25) is 14.4 Å². The molecule has 1 fully saturated rings. The third-order valence-electron chi connectivity index (χ3n) is 4.67. The Morgan fingerprint density at radius 3 is 2.64 bits per heavy atom. The molecule has 0 atom stereocenters. The topological polar surface area (TPSA) is 50.2 Å². The molecule has 0 unspecified atom stereocenters. The number of hydrogen-bond acceptors (Lipinski definition) is 3. The van der Waals surface area contributed by atoms with Crippen LogP contribution < -0.4 is 5.32 Å². The number of hydrogen-bond donors (Lipinski definition) is 1. The van der Waals surface area contributed by atoms with Crippen molar-refractivity contribution in [1.82, 2.24) is 20.0 Å². The number of rotatable bonds is 5. The highest BCUT2D eigenvalue weighted by atomic mass is 19.1. The van der Waals surface area contributed by atoms with Crippen LogP contribution in [0.15, 0.2) is 24.3 Å². The van der Waals surface area contributed by atoms with Gasteiger partial charge in [0, 0.05) is 31.6 Å². The van der Waals surface area contributed by atoms with Crippen LogP contribution in [0.25, 0.3) is 0 Å². The molecule has 0 saturated heterocycles. The van der Waals surface area contributed by atoms with Crippen molar-refractivity contribution >= 4 is 5.91 Å². The Morgan fingerprint density at radius 2 is 1.92 bits per heavy atom. The largest absolute Gasteiger partial charge is 0.351 e. The summed E-state index contributed by atoms with van der Waals surface area (Å²) in [6.45, 7) is 2.62. The highest BCUT2D eigenvalue weighted by molar-refractivity contribution is 5.78. The number of benzene rings is 1. The number of aromatic nitrogens is 2. The molecular weight excluding hydrogens is 326 g/mol. The average Bonchev–Trinajstić information content (AvgIpc) is 3.32. The maximum Gasteiger partial charge on any atom is 0.234 e. The van der Waals surface area contributed by atoms with Gasteiger partial charge < -0.3 is 5.32 Å². The molecule has 25 heavy (non-hydrogen) atoms. The molecule has 1 amide bonds. The van der Waals surface area contributed by atoms with E-state index in [-0.39, 0.29) is 19.0 Å². The number of carbonyl (C=O) groups excluding carboxylic acids is 1. The Kier molecular flexibility index (Phi) is 4.25. The number of nitrogens with zero attached hydrogens (tertiary/aromatic N) is 3. The van der Waals surface area contributed by atoms with Crippen LogP contribution in [0.2, 0.25) is 0 Å². The first-order valence-corrected chi connectivity index (χ1v) is 8.57. The van der Waals surface area contributed by atoms with Gasteiger partial charge in [-0.15, -0.1) is 0 Å². The van der Waals surface area contributed by atoms with E-state index >= 15 is 0 Å². The fraction of sp³-hybridized carbons (Fsp3) is 0.444. The molecule has 132 valence electrons. The van der Waals surface area contributed by atoms with E-state index in [0.717, 1.165) is 24.8 Å². The summed E-state index contributed by atoms with van der Waals surface area (Å²) in [6, 6.07) is 5.42. The van der Waals surface area contributed by atoms with Crippen LogP contribution in [0.5, 0.6) is 0 Å². The van der Waals surface area contributed by atoms with E-state index in [1.54, 1.807) is 0 Å². The van der Waals surface area contributed by atoms with E-state index in [4.69, 9.17) is 0 Å². The summed E-state index contributed by atoms with van der Waals surface area (Å²) in [6.07, 6.45) is 2.45. The Labute approximate surface area is 144 Å². The van der Waals surface area contributed by atoms with Gasteiger partial charge in [0.05, 0.1) is 24.5 Å². The highest BCUT2D eigenvalue weighted by Crippen LogP contribution is 2.39. The fourth-order valence-corrected chi connectivity index (χ4v) is 3.23. The first-order valence-electron chi connectivity index (χ1n) is 8.57. The lowest BCUT2D eigenvalue weighted by Gasteiger charge is -2.26. The summed E-state index contributed by atoms with van der Waals surface area (Å²) < 4.78 is 28.4. The van der Waals surface area contributed by atoms with Crippen molar-refractivity contribution in [3.05, 3.63) is 52.9 Å². The van der Waals surface area contributed by atoms with Gasteiger partial charge >= 0.3 is 0 Å². The van der Waals surface area contributed by atoms with Gasteiger partial charge in [-0.05, 0) is 36.6 Å². The second-order valence-electron chi connectivity index (χ2n) is 6.82. The first-order chi connectivity index (χ1) is 12.1. The molecule has 4 rings (SSSR count). The Morgan fingerprint density at radius 1 is 1.16 bits per heavy atom. The minimum atomic E-state index is -0.639. The van der Waals surface area contributed by atoms with Crippen LogP contribution in [0.4, 0.5) is 8.78 Å². The zero-order chi connectivity index (χ0) is 17.4. The van der Waals surface area contributed by atoms with Crippen molar-refractivity contribution in [3.63, 3.8) is 0 Å². The third kappa shape index (κ3) is 3.87. The normalized spacial score (nSPS) is 17.4. The van der Waals surface area contributed by atoms with Gasteiger partial charge in [0.15, 0.2) is 0 Å². The number of halogens is 2. The summed E-state index contributed by atoms with van der Waals surface area (Å²) in [5.41, 5.74) is 2.74. The molecule has 0 bridgehead atoms. The number of fused-ring (bicyclic) bond motifs is 1. The van der Waals surface area contributed by atoms with Crippen LogP contribution in [-0.4, -0.2) is 33.7 Å². The second-order valence-corrected chi connectivity index (χ2v) is 6.82. The van der Waals surface area contributed by atoms with E-state index in [1.165, 1.54) is 30.7 Å². The third-order valence-corrected chi connectivity index (χ3v) is 4.67.